The molecule has 1 heterocycles. The van der Waals surface area contributed by atoms with Crippen molar-refractivity contribution < 1.29 is 14.3 Å². The molecule has 0 spiro atoms. The minimum Gasteiger partial charge on any atom is -0.497 e. The van der Waals surface area contributed by atoms with Crippen molar-refractivity contribution in [2.75, 3.05) is 20.0 Å². The summed E-state index contributed by atoms with van der Waals surface area (Å²) in [6, 6.07) is 10.9. The molecular weight excluding hydrogens is 304 g/mol. The van der Waals surface area contributed by atoms with E-state index < -0.39 is 0 Å². The van der Waals surface area contributed by atoms with Crippen LogP contribution in [-0.2, 0) is 11.3 Å². The van der Waals surface area contributed by atoms with Gasteiger partial charge in [0, 0.05) is 30.1 Å². The molecule has 2 N–H and O–H groups in total. The number of hydrogen-bond donors (Lipinski definition) is 1. The van der Waals surface area contributed by atoms with Gasteiger partial charge in [-0.2, -0.15) is 0 Å². The molecule has 5 heteroatoms. The minimum absolute atomic E-state index is 0.375. The molecule has 1 unspecified atom stereocenters. The van der Waals surface area contributed by atoms with Crippen LogP contribution in [0.2, 0.25) is 0 Å². The number of anilines is 1. The number of aldehydes is 1. The van der Waals surface area contributed by atoms with Gasteiger partial charge in [0.1, 0.15) is 23.8 Å². The average molecular weight is 324 g/mol. The Morgan fingerprint density at radius 1 is 1.17 bits per heavy atom. The molecule has 3 rings (SSSR count). The van der Waals surface area contributed by atoms with Crippen molar-refractivity contribution in [1.82, 2.24) is 4.90 Å². The zero-order valence-corrected chi connectivity index (χ0v) is 13.7. The van der Waals surface area contributed by atoms with Gasteiger partial charge in [-0.1, -0.05) is 6.07 Å². The molecule has 1 aliphatic heterocycles. The summed E-state index contributed by atoms with van der Waals surface area (Å²) in [5, 5.41) is 0. The Bertz CT molecular complexity index is 786. The lowest BCUT2D eigenvalue weighted by Gasteiger charge is -2.32. The molecule has 124 valence electrons. The predicted molar refractivity (Wildman–Crippen MR) is 93.8 cm³/mol. The molecule has 24 heavy (non-hydrogen) atoms. The number of nitrogens with two attached hydrogens (primary N) is 1. The highest BCUT2D eigenvalue weighted by Crippen LogP contribution is 2.33. The van der Waals surface area contributed by atoms with Crippen molar-refractivity contribution in [2.45, 2.75) is 12.6 Å². The largest absolute Gasteiger partial charge is 0.497 e. The van der Waals surface area contributed by atoms with Gasteiger partial charge in [0.2, 0.25) is 0 Å². The van der Waals surface area contributed by atoms with Crippen LogP contribution < -0.4 is 15.2 Å². The summed E-state index contributed by atoms with van der Waals surface area (Å²) in [6.45, 7) is 0.543. The van der Waals surface area contributed by atoms with Crippen molar-refractivity contribution in [3.05, 3.63) is 59.3 Å². The molecule has 0 saturated carbocycles. The van der Waals surface area contributed by atoms with E-state index in [0.29, 0.717) is 12.2 Å². The molecule has 0 amide bonds. The number of carbonyl (C=O) groups excluding carboxylic acids is 1. The molecule has 2 aromatic rings. The molecule has 0 aliphatic carbocycles. The molecule has 2 aromatic carbocycles. The number of methoxy groups -OCH3 is 2. The molecule has 5 nitrogen and oxygen atoms in total. The Kier molecular flexibility index (Phi) is 4.42. The first-order valence-electron chi connectivity index (χ1n) is 7.66. The maximum absolute atomic E-state index is 11.7. The second kappa shape index (κ2) is 6.66. The van der Waals surface area contributed by atoms with Gasteiger partial charge < -0.3 is 24.9 Å². The Balaban J connectivity index is 1.92. The van der Waals surface area contributed by atoms with Crippen LogP contribution in [0.1, 0.15) is 22.7 Å². The second-order valence-electron chi connectivity index (χ2n) is 5.64. The maximum atomic E-state index is 11.7. The zero-order chi connectivity index (χ0) is 17.1. The zero-order valence-electron chi connectivity index (χ0n) is 13.7. The van der Waals surface area contributed by atoms with Crippen LogP contribution in [0.5, 0.6) is 11.5 Å². The molecule has 1 aliphatic rings. The summed E-state index contributed by atoms with van der Waals surface area (Å²) in [7, 11) is 3.24. The van der Waals surface area contributed by atoms with Crippen molar-refractivity contribution in [3.8, 4) is 11.5 Å². The van der Waals surface area contributed by atoms with Gasteiger partial charge in [-0.05, 0) is 41.5 Å². The van der Waals surface area contributed by atoms with Crippen molar-refractivity contribution in [1.29, 1.82) is 0 Å². The first-order chi connectivity index (χ1) is 11.7. The van der Waals surface area contributed by atoms with E-state index in [9.17, 15) is 4.79 Å². The van der Waals surface area contributed by atoms with Crippen LogP contribution in [0, 0.1) is 0 Å². The van der Waals surface area contributed by atoms with E-state index in [1.165, 1.54) is 0 Å². The lowest BCUT2D eigenvalue weighted by Crippen LogP contribution is -2.27. The van der Waals surface area contributed by atoms with E-state index in [2.05, 4.69) is 0 Å². The highest BCUT2D eigenvalue weighted by atomic mass is 16.5. The van der Waals surface area contributed by atoms with Gasteiger partial charge in [-0.25, -0.2) is 0 Å². The number of rotatable bonds is 5. The van der Waals surface area contributed by atoms with E-state index in [1.807, 2.05) is 53.6 Å². The summed E-state index contributed by atoms with van der Waals surface area (Å²) in [5.74, 6) is 1.46. The first kappa shape index (κ1) is 15.9. The number of hydrogen-bond acceptors (Lipinski definition) is 5. The van der Waals surface area contributed by atoms with E-state index in [1.54, 1.807) is 14.2 Å². The summed E-state index contributed by atoms with van der Waals surface area (Å²) in [5.41, 5.74) is 9.44. The molecule has 0 aromatic heterocycles. The Morgan fingerprint density at radius 2 is 2.00 bits per heavy atom. The third kappa shape index (κ3) is 2.93. The van der Waals surface area contributed by atoms with E-state index >= 15 is 0 Å². The normalized spacial score (nSPS) is 15.8. The van der Waals surface area contributed by atoms with Crippen molar-refractivity contribution in [3.63, 3.8) is 0 Å². The summed E-state index contributed by atoms with van der Waals surface area (Å²) in [6.07, 6.45) is 4.86. The molecule has 1 atom stereocenters. The number of carbonyl (C=O) groups is 1. The van der Waals surface area contributed by atoms with Crippen LogP contribution in [0.4, 0.5) is 5.69 Å². The van der Waals surface area contributed by atoms with Gasteiger partial charge in [0.05, 0.1) is 14.2 Å². The first-order valence-corrected chi connectivity index (χ1v) is 7.66. The van der Waals surface area contributed by atoms with Crippen LogP contribution in [0.25, 0.3) is 6.08 Å². The van der Waals surface area contributed by atoms with Crippen LogP contribution in [0.15, 0.2) is 42.6 Å². The number of fused-ring (bicyclic) bond motifs is 1. The molecule has 0 saturated heterocycles. The Hall–Kier alpha value is -2.95. The lowest BCUT2D eigenvalue weighted by atomic mass is 9.96. The number of ether oxygens (including phenoxy) is 2. The fraction of sp³-hybridized carbons (Fsp3) is 0.211. The van der Waals surface area contributed by atoms with Crippen molar-refractivity contribution >= 4 is 18.0 Å². The Morgan fingerprint density at radius 3 is 2.71 bits per heavy atom. The summed E-state index contributed by atoms with van der Waals surface area (Å²) in [4.78, 5) is 13.7. The molecular formula is C19H20N2O3. The summed E-state index contributed by atoms with van der Waals surface area (Å²) >= 11 is 0. The fourth-order valence-electron chi connectivity index (χ4n) is 2.93. The average Bonchev–Trinajstić information content (AvgIpc) is 2.61. The smallest absolute Gasteiger partial charge is 0.147 e. The van der Waals surface area contributed by atoms with E-state index in [4.69, 9.17) is 15.2 Å². The predicted octanol–water partition coefficient (Wildman–Crippen LogP) is 3.01. The third-order valence-electron chi connectivity index (χ3n) is 4.21. The maximum Gasteiger partial charge on any atom is 0.147 e. The quantitative estimate of drug-likeness (QED) is 0.676. The molecule has 0 bridgehead atoms. The van der Waals surface area contributed by atoms with Gasteiger partial charge in [0.15, 0.2) is 0 Å². The van der Waals surface area contributed by atoms with Gasteiger partial charge in [-0.3, -0.25) is 0 Å². The SMILES string of the molecule is COc1ccc(CN2C=Cc3ccc(N)cc3C2C=O)c(OC)c1. The fourth-order valence-corrected chi connectivity index (χ4v) is 2.93. The highest BCUT2D eigenvalue weighted by Gasteiger charge is 2.24. The molecule has 0 fully saturated rings. The van der Waals surface area contributed by atoms with Gasteiger partial charge in [0.25, 0.3) is 0 Å². The topological polar surface area (TPSA) is 64.8 Å². The number of benzene rings is 2. The lowest BCUT2D eigenvalue weighted by molar-refractivity contribution is -0.112. The monoisotopic (exact) mass is 324 g/mol. The van der Waals surface area contributed by atoms with E-state index in [0.717, 1.165) is 34.5 Å². The number of nitrogens with zero attached hydrogens (tertiary/aromatic N) is 1. The van der Waals surface area contributed by atoms with Crippen LogP contribution >= 0.6 is 0 Å². The standard InChI is InChI=1S/C19H20N2O3/c1-23-16-6-4-14(19(10-16)24-2)11-21-8-7-13-3-5-15(20)9-17(13)18(21)12-22/h3-10,12,18H,11,20H2,1-2H3. The van der Waals surface area contributed by atoms with E-state index in [-0.39, 0.29) is 6.04 Å². The van der Waals surface area contributed by atoms with Crippen LogP contribution in [-0.4, -0.2) is 25.4 Å². The Labute approximate surface area is 141 Å². The number of nitrogen functional groups attached to an aromatic ring is 1. The van der Waals surface area contributed by atoms with Crippen LogP contribution in [0.3, 0.4) is 0 Å². The highest BCUT2D eigenvalue weighted by molar-refractivity contribution is 5.71. The minimum atomic E-state index is -0.375. The van der Waals surface area contributed by atoms with Gasteiger partial charge in [-0.15, -0.1) is 0 Å². The third-order valence-corrected chi connectivity index (χ3v) is 4.21. The van der Waals surface area contributed by atoms with Gasteiger partial charge >= 0.3 is 0 Å². The molecule has 0 radical (unpaired) electrons. The second-order valence-corrected chi connectivity index (χ2v) is 5.64. The van der Waals surface area contributed by atoms with Crippen molar-refractivity contribution in [2.24, 2.45) is 0 Å². The summed E-state index contributed by atoms with van der Waals surface area (Å²) < 4.78 is 10.7.